The van der Waals surface area contributed by atoms with E-state index in [1.54, 1.807) is 12.3 Å². The van der Waals surface area contributed by atoms with Crippen LogP contribution < -0.4 is 10.2 Å². The van der Waals surface area contributed by atoms with Crippen LogP contribution in [0, 0.1) is 6.92 Å². The molecule has 3 rings (SSSR count). The average Bonchev–Trinajstić information content (AvgIpc) is 2.57. The Labute approximate surface area is 139 Å². The summed E-state index contributed by atoms with van der Waals surface area (Å²) in [5.74, 6) is 0.0691. The molecule has 2 aromatic rings. The smallest absolute Gasteiger partial charge is 0.240 e. The zero-order chi connectivity index (χ0) is 16.2. The van der Waals surface area contributed by atoms with Gasteiger partial charge in [-0.2, -0.15) is 0 Å². The van der Waals surface area contributed by atoms with Gasteiger partial charge in [0.25, 0.3) is 0 Å². The molecule has 0 atom stereocenters. The van der Waals surface area contributed by atoms with Crippen LogP contribution in [0.3, 0.4) is 0 Å². The topological polar surface area (TPSA) is 62.3 Å². The van der Waals surface area contributed by atoms with Crippen molar-refractivity contribution in [1.29, 1.82) is 0 Å². The summed E-state index contributed by atoms with van der Waals surface area (Å²) in [7, 11) is 0. The summed E-state index contributed by atoms with van der Waals surface area (Å²) in [5.41, 5.74) is 2.91. The van der Waals surface area contributed by atoms with Gasteiger partial charge < -0.3 is 5.32 Å². The molecule has 23 heavy (non-hydrogen) atoms. The lowest BCUT2D eigenvalue weighted by molar-refractivity contribution is -0.123. The van der Waals surface area contributed by atoms with Crippen LogP contribution in [0.1, 0.15) is 11.1 Å². The Morgan fingerprint density at radius 1 is 1.30 bits per heavy atom. The second-order valence-corrected chi connectivity index (χ2v) is 6.26. The van der Waals surface area contributed by atoms with Gasteiger partial charge in [0.2, 0.25) is 11.8 Å². The SMILES string of the molecule is Cc1ccccc1CNC(=O)CN1C(=O)CSc2ncccc21. The van der Waals surface area contributed by atoms with Crippen LogP contribution in [-0.4, -0.2) is 29.1 Å². The van der Waals surface area contributed by atoms with Crippen molar-refractivity contribution in [3.63, 3.8) is 0 Å². The van der Waals surface area contributed by atoms with Gasteiger partial charge in [0.1, 0.15) is 11.6 Å². The minimum atomic E-state index is -0.177. The predicted octanol–water partition coefficient (Wildman–Crippen LogP) is 2.15. The number of fused-ring (bicyclic) bond motifs is 1. The van der Waals surface area contributed by atoms with E-state index < -0.39 is 0 Å². The van der Waals surface area contributed by atoms with E-state index in [0.717, 1.165) is 16.2 Å². The van der Waals surface area contributed by atoms with Gasteiger partial charge in [0.05, 0.1) is 11.4 Å². The minimum Gasteiger partial charge on any atom is -0.350 e. The van der Waals surface area contributed by atoms with Gasteiger partial charge in [-0.3, -0.25) is 14.5 Å². The van der Waals surface area contributed by atoms with Crippen molar-refractivity contribution in [3.05, 3.63) is 53.7 Å². The number of amides is 2. The number of hydrogen-bond donors (Lipinski definition) is 1. The molecule has 2 heterocycles. The van der Waals surface area contributed by atoms with Crippen molar-refractivity contribution in [2.24, 2.45) is 0 Å². The standard InChI is InChI=1S/C17H17N3O2S/c1-12-5-2-3-6-13(12)9-19-15(21)10-20-14-7-4-8-18-17(14)23-11-16(20)22/h2-8H,9-11H2,1H3,(H,19,21). The molecular weight excluding hydrogens is 310 g/mol. The number of aromatic nitrogens is 1. The second-order valence-electron chi connectivity index (χ2n) is 5.30. The fourth-order valence-electron chi connectivity index (χ4n) is 2.42. The van der Waals surface area contributed by atoms with E-state index in [2.05, 4.69) is 10.3 Å². The Hall–Kier alpha value is -2.34. The predicted molar refractivity (Wildman–Crippen MR) is 90.3 cm³/mol. The number of aryl methyl sites for hydroxylation is 1. The number of nitrogens with zero attached hydrogens (tertiary/aromatic N) is 2. The molecule has 0 radical (unpaired) electrons. The van der Waals surface area contributed by atoms with E-state index in [0.29, 0.717) is 18.0 Å². The summed E-state index contributed by atoms with van der Waals surface area (Å²) in [4.78, 5) is 30.1. The Kier molecular flexibility index (Phi) is 4.62. The van der Waals surface area contributed by atoms with Gasteiger partial charge in [-0.05, 0) is 30.2 Å². The maximum atomic E-state index is 12.2. The first-order chi connectivity index (χ1) is 11.1. The third-order valence-electron chi connectivity index (χ3n) is 3.71. The highest BCUT2D eigenvalue weighted by Crippen LogP contribution is 2.32. The first kappa shape index (κ1) is 15.6. The fourth-order valence-corrected chi connectivity index (χ4v) is 3.29. The lowest BCUT2D eigenvalue weighted by Gasteiger charge is -2.27. The number of benzene rings is 1. The van der Waals surface area contributed by atoms with Crippen LogP contribution in [-0.2, 0) is 16.1 Å². The quantitative estimate of drug-likeness (QED) is 0.934. The second kappa shape index (κ2) is 6.83. The molecule has 6 heteroatoms. The Morgan fingerprint density at radius 2 is 2.13 bits per heavy atom. The van der Waals surface area contributed by atoms with E-state index in [9.17, 15) is 9.59 Å². The summed E-state index contributed by atoms with van der Waals surface area (Å²) in [5, 5.41) is 3.67. The normalized spacial score (nSPS) is 13.6. The molecule has 0 unspecified atom stereocenters. The fraction of sp³-hybridized carbons (Fsp3) is 0.235. The Balaban J connectivity index is 1.66. The van der Waals surface area contributed by atoms with Crippen molar-refractivity contribution in [1.82, 2.24) is 10.3 Å². The number of thioether (sulfide) groups is 1. The largest absolute Gasteiger partial charge is 0.350 e. The van der Waals surface area contributed by atoms with Crippen molar-refractivity contribution < 1.29 is 9.59 Å². The number of carbonyl (C=O) groups is 2. The molecule has 0 spiro atoms. The first-order valence-electron chi connectivity index (χ1n) is 7.34. The zero-order valence-corrected chi connectivity index (χ0v) is 13.6. The first-order valence-corrected chi connectivity index (χ1v) is 8.33. The van der Waals surface area contributed by atoms with E-state index in [4.69, 9.17) is 0 Å². The van der Waals surface area contributed by atoms with Crippen LogP contribution >= 0.6 is 11.8 Å². The summed E-state index contributed by atoms with van der Waals surface area (Å²) < 4.78 is 0. The molecule has 0 fully saturated rings. The summed E-state index contributed by atoms with van der Waals surface area (Å²) >= 11 is 1.41. The molecule has 0 aliphatic carbocycles. The monoisotopic (exact) mass is 327 g/mol. The van der Waals surface area contributed by atoms with E-state index in [1.165, 1.54) is 16.7 Å². The number of anilines is 1. The molecule has 118 valence electrons. The van der Waals surface area contributed by atoms with Crippen molar-refractivity contribution in [2.75, 3.05) is 17.2 Å². The van der Waals surface area contributed by atoms with Gasteiger partial charge in [0.15, 0.2) is 0 Å². The van der Waals surface area contributed by atoms with E-state index >= 15 is 0 Å². The molecule has 1 aliphatic rings. The molecule has 1 aromatic carbocycles. The maximum Gasteiger partial charge on any atom is 0.240 e. The molecule has 2 amide bonds. The third-order valence-corrected chi connectivity index (χ3v) is 4.69. The lowest BCUT2D eigenvalue weighted by atomic mass is 10.1. The summed E-state index contributed by atoms with van der Waals surface area (Å²) in [6, 6.07) is 11.5. The number of hydrogen-bond acceptors (Lipinski definition) is 4. The summed E-state index contributed by atoms with van der Waals surface area (Å²) in [6.07, 6.45) is 1.69. The summed E-state index contributed by atoms with van der Waals surface area (Å²) in [6.45, 7) is 2.49. The molecule has 1 aromatic heterocycles. The van der Waals surface area contributed by atoms with Gasteiger partial charge in [0, 0.05) is 12.7 Å². The highest BCUT2D eigenvalue weighted by Gasteiger charge is 2.27. The minimum absolute atomic E-state index is 0.0178. The molecule has 5 nitrogen and oxygen atoms in total. The molecular formula is C17H17N3O2S. The van der Waals surface area contributed by atoms with Gasteiger partial charge in [-0.25, -0.2) is 4.98 Å². The maximum absolute atomic E-state index is 12.2. The van der Waals surface area contributed by atoms with Crippen LogP contribution in [0.2, 0.25) is 0 Å². The van der Waals surface area contributed by atoms with Crippen molar-refractivity contribution in [3.8, 4) is 0 Å². The average molecular weight is 327 g/mol. The molecule has 0 saturated carbocycles. The highest BCUT2D eigenvalue weighted by atomic mass is 32.2. The van der Waals surface area contributed by atoms with Crippen molar-refractivity contribution >= 4 is 29.3 Å². The molecule has 1 aliphatic heterocycles. The van der Waals surface area contributed by atoms with Gasteiger partial charge in [-0.1, -0.05) is 36.0 Å². The number of nitrogens with one attached hydrogen (secondary N) is 1. The van der Waals surface area contributed by atoms with Crippen LogP contribution in [0.5, 0.6) is 0 Å². The Morgan fingerprint density at radius 3 is 2.96 bits per heavy atom. The van der Waals surface area contributed by atoms with Crippen molar-refractivity contribution in [2.45, 2.75) is 18.5 Å². The van der Waals surface area contributed by atoms with Gasteiger partial charge in [-0.15, -0.1) is 0 Å². The highest BCUT2D eigenvalue weighted by molar-refractivity contribution is 8.00. The van der Waals surface area contributed by atoms with Crippen LogP contribution in [0.15, 0.2) is 47.6 Å². The van der Waals surface area contributed by atoms with Crippen LogP contribution in [0.4, 0.5) is 5.69 Å². The Bertz CT molecular complexity index is 748. The number of pyridine rings is 1. The molecule has 1 N–H and O–H groups in total. The lowest BCUT2D eigenvalue weighted by Crippen LogP contribution is -2.43. The molecule has 0 bridgehead atoms. The zero-order valence-electron chi connectivity index (χ0n) is 12.8. The number of carbonyl (C=O) groups excluding carboxylic acids is 2. The number of rotatable bonds is 4. The van der Waals surface area contributed by atoms with E-state index in [1.807, 2.05) is 37.3 Å². The third kappa shape index (κ3) is 3.53. The van der Waals surface area contributed by atoms with Crippen LogP contribution in [0.25, 0.3) is 0 Å². The molecule has 0 saturated heterocycles. The van der Waals surface area contributed by atoms with E-state index in [-0.39, 0.29) is 18.4 Å². The van der Waals surface area contributed by atoms with Gasteiger partial charge >= 0.3 is 0 Å².